The molecule has 2 atom stereocenters. The normalized spacial score (nSPS) is 22.2. The summed E-state index contributed by atoms with van der Waals surface area (Å²) in [5.74, 6) is -1.34. The van der Waals surface area contributed by atoms with Crippen molar-refractivity contribution in [2.24, 2.45) is 5.41 Å². The van der Waals surface area contributed by atoms with Crippen LogP contribution in [0.3, 0.4) is 0 Å². The van der Waals surface area contributed by atoms with E-state index in [4.69, 9.17) is 4.74 Å². The van der Waals surface area contributed by atoms with Crippen molar-refractivity contribution >= 4 is 11.9 Å². The first-order valence-electron chi connectivity index (χ1n) is 8.97. The third-order valence-electron chi connectivity index (χ3n) is 5.31. The number of carbonyl (C=O) groups excluding carboxylic acids is 1. The van der Waals surface area contributed by atoms with Crippen molar-refractivity contribution in [1.82, 2.24) is 0 Å². The second kappa shape index (κ2) is 7.32. The Morgan fingerprint density at radius 1 is 1.04 bits per heavy atom. The Hall–Kier alpha value is -2.62. The lowest BCUT2D eigenvalue weighted by molar-refractivity contribution is -0.154. The van der Waals surface area contributed by atoms with E-state index in [1.54, 1.807) is 12.1 Å². The lowest BCUT2D eigenvalue weighted by Crippen LogP contribution is -2.42. The van der Waals surface area contributed by atoms with Gasteiger partial charge in [0.05, 0.1) is 5.56 Å². The summed E-state index contributed by atoms with van der Waals surface area (Å²) in [5.41, 5.74) is 2.54. The van der Waals surface area contributed by atoms with Gasteiger partial charge in [-0.15, -0.1) is 0 Å². The topological polar surface area (TPSA) is 63.6 Å². The van der Waals surface area contributed by atoms with Crippen LogP contribution in [0.15, 0.2) is 48.5 Å². The molecule has 1 aliphatic rings. The largest absolute Gasteiger partial charge is 0.481 e. The molecular weight excluding hydrogens is 328 g/mol. The molecule has 4 nitrogen and oxygen atoms in total. The van der Waals surface area contributed by atoms with Crippen molar-refractivity contribution in [2.45, 2.75) is 45.6 Å². The molecule has 0 aromatic heterocycles. The van der Waals surface area contributed by atoms with Gasteiger partial charge in [-0.2, -0.15) is 0 Å². The standard InChI is InChI=1S/C22H24O4/c1-15-5-9-17(10-6-15)14-22(21(24)25)13-3-4-19(22)26-20(23)18-11-7-16(2)8-12-18/h5-12,19H,3-4,13-14H2,1-2H3,(H,24,25). The van der Waals surface area contributed by atoms with Crippen LogP contribution in [0, 0.1) is 19.3 Å². The quantitative estimate of drug-likeness (QED) is 0.814. The highest BCUT2D eigenvalue weighted by Gasteiger charge is 2.51. The molecule has 1 fully saturated rings. The van der Waals surface area contributed by atoms with Crippen molar-refractivity contribution < 1.29 is 19.4 Å². The van der Waals surface area contributed by atoms with E-state index in [0.29, 0.717) is 24.8 Å². The fraction of sp³-hybridized carbons (Fsp3) is 0.364. The molecular formula is C22H24O4. The van der Waals surface area contributed by atoms with Crippen LogP contribution in [0.4, 0.5) is 0 Å². The van der Waals surface area contributed by atoms with Crippen LogP contribution in [0.5, 0.6) is 0 Å². The van der Waals surface area contributed by atoms with Crippen LogP contribution in [0.1, 0.15) is 46.3 Å². The van der Waals surface area contributed by atoms with Crippen molar-refractivity contribution in [3.8, 4) is 0 Å². The van der Waals surface area contributed by atoms with E-state index in [1.165, 1.54) is 0 Å². The van der Waals surface area contributed by atoms with Crippen LogP contribution in [0.2, 0.25) is 0 Å². The second-order valence-corrected chi connectivity index (χ2v) is 7.28. The molecule has 136 valence electrons. The Morgan fingerprint density at radius 3 is 2.19 bits per heavy atom. The van der Waals surface area contributed by atoms with E-state index in [0.717, 1.165) is 23.1 Å². The summed E-state index contributed by atoms with van der Waals surface area (Å²) in [6.45, 7) is 3.95. The maximum atomic E-state index is 12.5. The van der Waals surface area contributed by atoms with Crippen LogP contribution >= 0.6 is 0 Å². The zero-order valence-corrected chi connectivity index (χ0v) is 15.2. The summed E-state index contributed by atoms with van der Waals surface area (Å²) in [6, 6.07) is 15.0. The third-order valence-corrected chi connectivity index (χ3v) is 5.31. The molecule has 0 aliphatic heterocycles. The number of aryl methyl sites for hydroxylation is 2. The van der Waals surface area contributed by atoms with Gasteiger partial charge in [0.25, 0.3) is 0 Å². The van der Waals surface area contributed by atoms with Crippen LogP contribution < -0.4 is 0 Å². The lowest BCUT2D eigenvalue weighted by atomic mass is 9.78. The number of carboxylic acids is 1. The van der Waals surface area contributed by atoms with Gasteiger partial charge in [-0.25, -0.2) is 4.79 Å². The summed E-state index contributed by atoms with van der Waals surface area (Å²) in [6.07, 6.45) is 1.59. The first-order chi connectivity index (χ1) is 12.4. The highest BCUT2D eigenvalue weighted by atomic mass is 16.5. The highest BCUT2D eigenvalue weighted by Crippen LogP contribution is 2.43. The minimum atomic E-state index is -1.06. The zero-order chi connectivity index (χ0) is 18.7. The minimum Gasteiger partial charge on any atom is -0.481 e. The van der Waals surface area contributed by atoms with Crippen molar-refractivity contribution in [3.05, 3.63) is 70.8 Å². The van der Waals surface area contributed by atoms with E-state index in [2.05, 4.69) is 0 Å². The molecule has 0 amide bonds. The van der Waals surface area contributed by atoms with Gasteiger partial charge in [-0.05, 0) is 57.2 Å². The lowest BCUT2D eigenvalue weighted by Gasteiger charge is -2.31. The van der Waals surface area contributed by atoms with Gasteiger partial charge in [0, 0.05) is 0 Å². The van der Waals surface area contributed by atoms with Gasteiger partial charge in [-0.3, -0.25) is 4.79 Å². The Bertz CT molecular complexity index is 792. The van der Waals surface area contributed by atoms with Crippen LogP contribution in [-0.4, -0.2) is 23.1 Å². The molecule has 3 rings (SSSR count). The molecule has 2 aromatic rings. The van der Waals surface area contributed by atoms with Gasteiger partial charge >= 0.3 is 11.9 Å². The number of hydrogen-bond acceptors (Lipinski definition) is 3. The summed E-state index contributed by atoms with van der Waals surface area (Å²) in [7, 11) is 0. The van der Waals surface area contributed by atoms with E-state index in [9.17, 15) is 14.7 Å². The molecule has 1 N–H and O–H groups in total. The molecule has 0 radical (unpaired) electrons. The number of aliphatic carboxylic acids is 1. The fourth-order valence-electron chi connectivity index (χ4n) is 3.69. The van der Waals surface area contributed by atoms with Crippen molar-refractivity contribution in [3.63, 3.8) is 0 Å². The molecule has 0 bridgehead atoms. The summed E-state index contributed by atoms with van der Waals surface area (Å²) in [4.78, 5) is 24.7. The first-order valence-corrected chi connectivity index (χ1v) is 8.97. The van der Waals surface area contributed by atoms with Crippen LogP contribution in [-0.2, 0) is 16.0 Å². The summed E-state index contributed by atoms with van der Waals surface area (Å²) >= 11 is 0. The second-order valence-electron chi connectivity index (χ2n) is 7.28. The van der Waals surface area contributed by atoms with E-state index < -0.39 is 23.5 Å². The predicted octanol–water partition coefficient (Wildman–Crippen LogP) is 4.33. The Labute approximate surface area is 153 Å². The Kier molecular flexibility index (Phi) is 5.12. The van der Waals surface area contributed by atoms with E-state index >= 15 is 0 Å². The molecule has 0 spiro atoms. The molecule has 0 saturated heterocycles. The first kappa shape index (κ1) is 18.2. The predicted molar refractivity (Wildman–Crippen MR) is 99.2 cm³/mol. The smallest absolute Gasteiger partial charge is 0.338 e. The molecule has 0 heterocycles. The van der Waals surface area contributed by atoms with Gasteiger partial charge in [0.2, 0.25) is 0 Å². The van der Waals surface area contributed by atoms with Crippen LogP contribution in [0.25, 0.3) is 0 Å². The number of ether oxygens (including phenoxy) is 1. The number of carbonyl (C=O) groups is 2. The summed E-state index contributed by atoms with van der Waals surface area (Å²) < 4.78 is 5.69. The Balaban J connectivity index is 1.82. The minimum absolute atomic E-state index is 0.370. The maximum Gasteiger partial charge on any atom is 0.338 e. The molecule has 1 saturated carbocycles. The van der Waals surface area contributed by atoms with Crippen molar-refractivity contribution in [1.29, 1.82) is 0 Å². The maximum absolute atomic E-state index is 12.5. The Morgan fingerprint density at radius 2 is 1.62 bits per heavy atom. The van der Waals surface area contributed by atoms with Gasteiger partial charge in [0.15, 0.2) is 0 Å². The molecule has 26 heavy (non-hydrogen) atoms. The SMILES string of the molecule is Cc1ccc(CC2(C(=O)O)CCCC2OC(=O)c2ccc(C)cc2)cc1. The summed E-state index contributed by atoms with van der Waals surface area (Å²) in [5, 5.41) is 9.98. The number of benzene rings is 2. The number of rotatable bonds is 5. The molecule has 4 heteroatoms. The van der Waals surface area contributed by atoms with E-state index in [1.807, 2.05) is 50.2 Å². The molecule has 1 aliphatic carbocycles. The zero-order valence-electron chi connectivity index (χ0n) is 15.2. The van der Waals surface area contributed by atoms with Gasteiger partial charge < -0.3 is 9.84 Å². The molecule has 2 unspecified atom stereocenters. The van der Waals surface area contributed by atoms with Gasteiger partial charge in [0.1, 0.15) is 11.5 Å². The highest BCUT2D eigenvalue weighted by molar-refractivity contribution is 5.90. The average Bonchev–Trinajstić information content (AvgIpc) is 3.01. The van der Waals surface area contributed by atoms with Gasteiger partial charge in [-0.1, -0.05) is 47.5 Å². The third kappa shape index (κ3) is 3.64. The number of carboxylic acid groups (broad SMARTS) is 1. The monoisotopic (exact) mass is 352 g/mol. The molecule has 2 aromatic carbocycles. The number of esters is 1. The number of hydrogen-bond donors (Lipinski definition) is 1. The van der Waals surface area contributed by atoms with E-state index in [-0.39, 0.29) is 0 Å². The average molecular weight is 352 g/mol. The van der Waals surface area contributed by atoms with Crippen molar-refractivity contribution in [2.75, 3.05) is 0 Å². The fourth-order valence-corrected chi connectivity index (χ4v) is 3.69.